The van der Waals surface area contributed by atoms with Crippen molar-refractivity contribution in [2.75, 3.05) is 7.05 Å². The molecule has 2 rings (SSSR count). The highest BCUT2D eigenvalue weighted by Crippen LogP contribution is 2.27. The summed E-state index contributed by atoms with van der Waals surface area (Å²) >= 11 is 6.02. The Bertz CT molecular complexity index is 504. The molecule has 1 N–H and O–H groups in total. The summed E-state index contributed by atoms with van der Waals surface area (Å²) in [5.41, 5.74) is 1.51. The number of hydrogen-bond acceptors (Lipinski definition) is 3. The molecule has 88 valence electrons. The Kier molecular flexibility index (Phi) is 3.66. The molecule has 0 fully saturated rings. The van der Waals surface area contributed by atoms with Crippen molar-refractivity contribution in [2.24, 2.45) is 0 Å². The van der Waals surface area contributed by atoms with E-state index in [0.29, 0.717) is 5.02 Å². The minimum Gasteiger partial charge on any atom is -0.308 e. The van der Waals surface area contributed by atoms with Gasteiger partial charge in [-0.25, -0.2) is 4.39 Å². The van der Waals surface area contributed by atoms with Crippen LogP contribution in [0, 0.1) is 5.82 Å². The molecule has 0 aliphatic heterocycles. The second-order valence-electron chi connectivity index (χ2n) is 3.52. The summed E-state index contributed by atoms with van der Waals surface area (Å²) in [6, 6.07) is 4.12. The summed E-state index contributed by atoms with van der Waals surface area (Å²) in [6.07, 6.45) is 4.86. The van der Waals surface area contributed by atoms with Gasteiger partial charge in [-0.1, -0.05) is 17.7 Å². The average Bonchev–Trinajstić information content (AvgIpc) is 2.34. The van der Waals surface area contributed by atoms with Crippen LogP contribution in [-0.4, -0.2) is 17.0 Å². The van der Waals surface area contributed by atoms with Gasteiger partial charge in [0, 0.05) is 17.4 Å². The molecule has 1 unspecified atom stereocenters. The van der Waals surface area contributed by atoms with E-state index in [1.54, 1.807) is 31.7 Å². The highest BCUT2D eigenvalue weighted by atomic mass is 35.5. The van der Waals surface area contributed by atoms with E-state index in [4.69, 9.17) is 11.6 Å². The van der Waals surface area contributed by atoms with E-state index in [-0.39, 0.29) is 11.9 Å². The summed E-state index contributed by atoms with van der Waals surface area (Å²) in [4.78, 5) is 8.22. The van der Waals surface area contributed by atoms with Crippen molar-refractivity contribution < 1.29 is 4.39 Å². The first-order chi connectivity index (χ1) is 8.22. The van der Waals surface area contributed by atoms with E-state index in [0.717, 1.165) is 11.3 Å². The zero-order valence-corrected chi connectivity index (χ0v) is 9.95. The normalized spacial score (nSPS) is 12.4. The molecular formula is C12H11ClFN3. The lowest BCUT2D eigenvalue weighted by atomic mass is 10.0. The van der Waals surface area contributed by atoms with Gasteiger partial charge in [0.2, 0.25) is 0 Å². The molecule has 0 amide bonds. The third kappa shape index (κ3) is 2.60. The van der Waals surface area contributed by atoms with Crippen LogP contribution in [-0.2, 0) is 0 Å². The van der Waals surface area contributed by atoms with Crippen LogP contribution in [0.4, 0.5) is 4.39 Å². The summed E-state index contributed by atoms with van der Waals surface area (Å²) < 4.78 is 13.0. The fraction of sp³-hybridized carbons (Fsp3) is 0.167. The molecule has 2 aromatic rings. The SMILES string of the molecule is CNC(c1cnccn1)c1ccc(F)cc1Cl. The van der Waals surface area contributed by atoms with Gasteiger partial charge in [0.15, 0.2) is 0 Å². The van der Waals surface area contributed by atoms with Crippen molar-refractivity contribution in [3.63, 3.8) is 0 Å². The van der Waals surface area contributed by atoms with Crippen LogP contribution in [0.2, 0.25) is 5.02 Å². The maximum atomic E-state index is 13.0. The van der Waals surface area contributed by atoms with Crippen LogP contribution in [0.25, 0.3) is 0 Å². The van der Waals surface area contributed by atoms with E-state index in [2.05, 4.69) is 15.3 Å². The number of aromatic nitrogens is 2. The minimum atomic E-state index is -0.354. The molecule has 1 aromatic carbocycles. The van der Waals surface area contributed by atoms with E-state index in [1.165, 1.54) is 12.1 Å². The maximum Gasteiger partial charge on any atom is 0.124 e. The summed E-state index contributed by atoms with van der Waals surface area (Å²) in [5.74, 6) is -0.354. The van der Waals surface area contributed by atoms with Crippen molar-refractivity contribution in [2.45, 2.75) is 6.04 Å². The quantitative estimate of drug-likeness (QED) is 0.911. The van der Waals surface area contributed by atoms with Gasteiger partial charge in [0.25, 0.3) is 0 Å². The molecule has 17 heavy (non-hydrogen) atoms. The van der Waals surface area contributed by atoms with Gasteiger partial charge in [0.05, 0.1) is 17.9 Å². The van der Waals surface area contributed by atoms with Crippen molar-refractivity contribution in [1.82, 2.24) is 15.3 Å². The van der Waals surface area contributed by atoms with E-state index < -0.39 is 0 Å². The second kappa shape index (κ2) is 5.21. The van der Waals surface area contributed by atoms with Gasteiger partial charge in [-0.15, -0.1) is 0 Å². The summed E-state index contributed by atoms with van der Waals surface area (Å²) in [7, 11) is 1.79. The molecule has 5 heteroatoms. The minimum absolute atomic E-state index is 0.197. The highest BCUT2D eigenvalue weighted by molar-refractivity contribution is 6.31. The Morgan fingerprint density at radius 2 is 2.18 bits per heavy atom. The molecule has 0 radical (unpaired) electrons. The molecular weight excluding hydrogens is 241 g/mol. The summed E-state index contributed by atoms with van der Waals surface area (Å²) in [5, 5.41) is 3.46. The van der Waals surface area contributed by atoms with Crippen LogP contribution in [0.5, 0.6) is 0 Å². The third-order valence-corrected chi connectivity index (χ3v) is 2.77. The monoisotopic (exact) mass is 251 g/mol. The maximum absolute atomic E-state index is 13.0. The largest absolute Gasteiger partial charge is 0.308 e. The Balaban J connectivity index is 2.42. The molecule has 1 heterocycles. The number of nitrogens with zero attached hydrogens (tertiary/aromatic N) is 2. The zero-order valence-electron chi connectivity index (χ0n) is 9.19. The molecule has 0 aliphatic rings. The lowest BCUT2D eigenvalue weighted by Crippen LogP contribution is -2.19. The molecule has 0 spiro atoms. The lowest BCUT2D eigenvalue weighted by Gasteiger charge is -2.16. The number of rotatable bonds is 3. The van der Waals surface area contributed by atoms with Crippen LogP contribution in [0.3, 0.4) is 0 Å². The standard InChI is InChI=1S/C12H11ClFN3/c1-15-12(11-7-16-4-5-17-11)9-3-2-8(14)6-10(9)13/h2-7,12,15H,1H3. The van der Waals surface area contributed by atoms with Crippen molar-refractivity contribution in [3.8, 4) is 0 Å². The third-order valence-electron chi connectivity index (χ3n) is 2.44. The fourth-order valence-corrected chi connectivity index (χ4v) is 1.93. The van der Waals surface area contributed by atoms with Gasteiger partial charge in [0.1, 0.15) is 5.82 Å². The summed E-state index contributed by atoms with van der Waals surface area (Å²) in [6.45, 7) is 0. The Morgan fingerprint density at radius 1 is 1.35 bits per heavy atom. The first kappa shape index (κ1) is 12.0. The lowest BCUT2D eigenvalue weighted by molar-refractivity contribution is 0.621. The zero-order chi connectivity index (χ0) is 12.3. The van der Waals surface area contributed by atoms with Gasteiger partial charge >= 0.3 is 0 Å². The van der Waals surface area contributed by atoms with Crippen LogP contribution in [0.15, 0.2) is 36.8 Å². The van der Waals surface area contributed by atoms with Gasteiger partial charge in [-0.3, -0.25) is 9.97 Å². The first-order valence-electron chi connectivity index (χ1n) is 5.10. The topological polar surface area (TPSA) is 37.8 Å². The number of halogens is 2. The number of benzene rings is 1. The molecule has 1 atom stereocenters. The van der Waals surface area contributed by atoms with E-state index in [1.807, 2.05) is 0 Å². The Hall–Kier alpha value is -1.52. The van der Waals surface area contributed by atoms with Crippen molar-refractivity contribution >= 4 is 11.6 Å². The van der Waals surface area contributed by atoms with Gasteiger partial charge < -0.3 is 5.32 Å². The smallest absolute Gasteiger partial charge is 0.124 e. The van der Waals surface area contributed by atoms with E-state index in [9.17, 15) is 4.39 Å². The molecule has 1 aromatic heterocycles. The molecule has 3 nitrogen and oxygen atoms in total. The highest BCUT2D eigenvalue weighted by Gasteiger charge is 2.16. The average molecular weight is 252 g/mol. The van der Waals surface area contributed by atoms with E-state index >= 15 is 0 Å². The first-order valence-corrected chi connectivity index (χ1v) is 5.48. The fourth-order valence-electron chi connectivity index (χ4n) is 1.66. The van der Waals surface area contributed by atoms with Gasteiger partial charge in [-0.2, -0.15) is 0 Å². The molecule has 0 saturated carbocycles. The molecule has 0 bridgehead atoms. The van der Waals surface area contributed by atoms with Crippen molar-refractivity contribution in [1.29, 1.82) is 0 Å². The molecule has 0 aliphatic carbocycles. The second-order valence-corrected chi connectivity index (χ2v) is 3.93. The predicted octanol–water partition coefficient (Wildman–Crippen LogP) is 2.58. The van der Waals surface area contributed by atoms with Crippen LogP contribution < -0.4 is 5.32 Å². The Morgan fingerprint density at radius 3 is 2.76 bits per heavy atom. The van der Waals surface area contributed by atoms with Gasteiger partial charge in [-0.05, 0) is 24.7 Å². The predicted molar refractivity (Wildman–Crippen MR) is 64.3 cm³/mol. The Labute approximate surface area is 104 Å². The number of hydrogen-bond donors (Lipinski definition) is 1. The number of nitrogens with one attached hydrogen (secondary N) is 1. The van der Waals surface area contributed by atoms with Crippen LogP contribution >= 0.6 is 11.6 Å². The van der Waals surface area contributed by atoms with Crippen molar-refractivity contribution in [3.05, 3.63) is 58.9 Å². The molecule has 0 saturated heterocycles. The van der Waals surface area contributed by atoms with Crippen LogP contribution in [0.1, 0.15) is 17.3 Å².